The summed E-state index contributed by atoms with van der Waals surface area (Å²) in [6, 6.07) is 11.8. The number of thioether (sulfide) groups is 1. The Morgan fingerprint density at radius 3 is 2.59 bits per heavy atom. The van der Waals surface area contributed by atoms with Crippen LogP contribution in [0.3, 0.4) is 0 Å². The van der Waals surface area contributed by atoms with Crippen molar-refractivity contribution in [3.63, 3.8) is 0 Å². The van der Waals surface area contributed by atoms with Gasteiger partial charge < -0.3 is 10.1 Å². The van der Waals surface area contributed by atoms with E-state index in [1.54, 1.807) is 0 Å². The molecule has 1 aliphatic carbocycles. The third-order valence-corrected chi connectivity index (χ3v) is 6.25. The van der Waals surface area contributed by atoms with Gasteiger partial charge in [0.2, 0.25) is 0 Å². The summed E-state index contributed by atoms with van der Waals surface area (Å²) in [5.41, 5.74) is 0. The second-order valence-corrected chi connectivity index (χ2v) is 8.49. The molecule has 0 aromatic heterocycles. The number of carbonyl (C=O) groups is 2. The van der Waals surface area contributed by atoms with E-state index in [-0.39, 0.29) is 24.3 Å². The molecule has 1 amide bonds. The number of carbonyl (C=O) groups excluding carboxylic acids is 2. The number of halogens is 1. The minimum Gasteiger partial charge on any atom is -0.455 e. The number of benzene rings is 2. The van der Waals surface area contributed by atoms with E-state index >= 15 is 0 Å². The van der Waals surface area contributed by atoms with Crippen molar-refractivity contribution in [2.24, 2.45) is 5.92 Å². The zero-order chi connectivity index (χ0) is 19.2. The maximum atomic E-state index is 12.0. The van der Waals surface area contributed by atoms with Gasteiger partial charge in [-0.05, 0) is 49.1 Å². The Bertz CT molecular complexity index is 813. The lowest BCUT2D eigenvalue weighted by atomic mass is 9.87. The molecule has 0 spiro atoms. The summed E-state index contributed by atoms with van der Waals surface area (Å²) in [4.78, 5) is 24.9. The first-order chi connectivity index (χ1) is 13.0. The van der Waals surface area contributed by atoms with Crippen LogP contribution >= 0.6 is 23.4 Å². The van der Waals surface area contributed by atoms with Crippen LogP contribution in [0.1, 0.15) is 32.6 Å². The molecule has 0 aliphatic heterocycles. The molecule has 1 fully saturated rings. The van der Waals surface area contributed by atoms with Gasteiger partial charge in [0, 0.05) is 21.3 Å². The molecular weight excluding hydrogens is 382 g/mol. The Labute approximate surface area is 169 Å². The van der Waals surface area contributed by atoms with Crippen molar-refractivity contribution in [1.82, 2.24) is 5.32 Å². The number of hydrogen-bond donors (Lipinski definition) is 1. The molecule has 3 rings (SSSR count). The Kier molecular flexibility index (Phi) is 7.02. The molecule has 1 N–H and O–H groups in total. The summed E-state index contributed by atoms with van der Waals surface area (Å²) < 4.78 is 5.13. The smallest absolute Gasteiger partial charge is 0.316 e. The lowest BCUT2D eigenvalue weighted by Crippen LogP contribution is -2.39. The fourth-order valence-electron chi connectivity index (χ4n) is 3.38. The molecular formula is C21H24ClNO3S. The Morgan fingerprint density at radius 2 is 1.85 bits per heavy atom. The van der Waals surface area contributed by atoms with Crippen molar-refractivity contribution in [3.8, 4) is 0 Å². The summed E-state index contributed by atoms with van der Waals surface area (Å²) in [5, 5.41) is 5.58. The largest absolute Gasteiger partial charge is 0.455 e. The van der Waals surface area contributed by atoms with Crippen LogP contribution in [0.25, 0.3) is 10.8 Å². The molecule has 27 heavy (non-hydrogen) atoms. The van der Waals surface area contributed by atoms with Crippen LogP contribution in [0.15, 0.2) is 41.3 Å². The first-order valence-electron chi connectivity index (χ1n) is 9.28. The van der Waals surface area contributed by atoms with Gasteiger partial charge in [-0.3, -0.25) is 9.59 Å². The van der Waals surface area contributed by atoms with Crippen molar-refractivity contribution < 1.29 is 14.3 Å². The lowest BCUT2D eigenvalue weighted by Gasteiger charge is -2.26. The SMILES string of the molecule is CC1CCC(NC(=O)COC(=O)CSc2cccc3cccc(Cl)c23)CC1. The van der Waals surface area contributed by atoms with Crippen LogP contribution in [0, 0.1) is 5.92 Å². The molecule has 1 aliphatic rings. The standard InChI is InChI=1S/C21H24ClNO3S/c1-14-8-10-16(11-9-14)23-19(24)12-26-20(25)13-27-18-7-3-5-15-4-2-6-17(22)21(15)18/h2-7,14,16H,8-13H2,1H3,(H,23,24). The van der Waals surface area contributed by atoms with Crippen molar-refractivity contribution in [2.45, 2.75) is 43.5 Å². The average Bonchev–Trinajstić information content (AvgIpc) is 2.66. The van der Waals surface area contributed by atoms with E-state index < -0.39 is 5.97 Å². The highest BCUT2D eigenvalue weighted by Crippen LogP contribution is 2.33. The van der Waals surface area contributed by atoms with Gasteiger partial charge in [0.05, 0.1) is 5.75 Å². The summed E-state index contributed by atoms with van der Waals surface area (Å²) in [6.07, 6.45) is 4.26. The van der Waals surface area contributed by atoms with Crippen molar-refractivity contribution >= 4 is 46.0 Å². The zero-order valence-corrected chi connectivity index (χ0v) is 16.9. The molecule has 2 aromatic carbocycles. The molecule has 0 atom stereocenters. The van der Waals surface area contributed by atoms with Gasteiger partial charge in [-0.2, -0.15) is 0 Å². The first-order valence-corrected chi connectivity index (χ1v) is 10.6. The predicted octanol–water partition coefficient (Wildman–Crippen LogP) is 4.82. The minimum atomic E-state index is -0.406. The van der Waals surface area contributed by atoms with Gasteiger partial charge in [-0.25, -0.2) is 0 Å². The van der Waals surface area contributed by atoms with Crippen LogP contribution in [-0.2, 0) is 14.3 Å². The molecule has 0 saturated heterocycles. The fraction of sp³-hybridized carbons (Fsp3) is 0.429. The molecule has 0 bridgehead atoms. The molecule has 144 valence electrons. The second kappa shape index (κ2) is 9.47. The molecule has 4 nitrogen and oxygen atoms in total. The summed E-state index contributed by atoms with van der Waals surface area (Å²) in [7, 11) is 0. The Morgan fingerprint density at radius 1 is 1.15 bits per heavy atom. The number of nitrogens with one attached hydrogen (secondary N) is 1. The van der Waals surface area contributed by atoms with Gasteiger partial charge in [-0.15, -0.1) is 11.8 Å². The molecule has 6 heteroatoms. The number of hydrogen-bond acceptors (Lipinski definition) is 4. The summed E-state index contributed by atoms with van der Waals surface area (Å²) in [6.45, 7) is 2.02. The van der Waals surface area contributed by atoms with Gasteiger partial charge in [-0.1, -0.05) is 42.8 Å². The van der Waals surface area contributed by atoms with Crippen molar-refractivity contribution in [3.05, 3.63) is 41.4 Å². The highest BCUT2D eigenvalue weighted by Gasteiger charge is 2.20. The van der Waals surface area contributed by atoms with Crippen LogP contribution in [0.4, 0.5) is 0 Å². The second-order valence-electron chi connectivity index (χ2n) is 7.07. The quantitative estimate of drug-likeness (QED) is 0.552. The third-order valence-electron chi connectivity index (χ3n) is 4.91. The fourth-order valence-corrected chi connectivity index (χ4v) is 4.62. The molecule has 0 unspecified atom stereocenters. The highest BCUT2D eigenvalue weighted by molar-refractivity contribution is 8.00. The van der Waals surface area contributed by atoms with Crippen molar-refractivity contribution in [1.29, 1.82) is 0 Å². The zero-order valence-electron chi connectivity index (χ0n) is 15.4. The number of fused-ring (bicyclic) bond motifs is 1. The van der Waals surface area contributed by atoms with Crippen LogP contribution < -0.4 is 5.32 Å². The normalized spacial score (nSPS) is 19.6. The minimum absolute atomic E-state index is 0.137. The number of rotatable bonds is 6. The molecule has 2 aromatic rings. The van der Waals surface area contributed by atoms with Gasteiger partial charge in [0.1, 0.15) is 0 Å². The van der Waals surface area contributed by atoms with Crippen LogP contribution in [0.2, 0.25) is 5.02 Å². The molecule has 1 saturated carbocycles. The van der Waals surface area contributed by atoms with E-state index in [4.69, 9.17) is 16.3 Å². The topological polar surface area (TPSA) is 55.4 Å². The highest BCUT2D eigenvalue weighted by atomic mass is 35.5. The summed E-state index contributed by atoms with van der Waals surface area (Å²) >= 11 is 7.67. The van der Waals surface area contributed by atoms with Crippen LogP contribution in [0.5, 0.6) is 0 Å². The third kappa shape index (κ3) is 5.63. The predicted molar refractivity (Wildman–Crippen MR) is 110 cm³/mol. The number of esters is 1. The lowest BCUT2D eigenvalue weighted by molar-refractivity contribution is -0.146. The van der Waals surface area contributed by atoms with E-state index in [1.807, 2.05) is 36.4 Å². The maximum absolute atomic E-state index is 12.0. The van der Waals surface area contributed by atoms with E-state index in [9.17, 15) is 9.59 Å². The molecule has 0 heterocycles. The average molecular weight is 406 g/mol. The summed E-state index contributed by atoms with van der Waals surface area (Å²) in [5.74, 6) is 0.242. The van der Waals surface area contributed by atoms with Gasteiger partial charge in [0.15, 0.2) is 6.61 Å². The van der Waals surface area contributed by atoms with Crippen molar-refractivity contribution in [2.75, 3.05) is 12.4 Å². The van der Waals surface area contributed by atoms with E-state index in [0.29, 0.717) is 5.02 Å². The van der Waals surface area contributed by atoms with E-state index in [2.05, 4.69) is 12.2 Å². The maximum Gasteiger partial charge on any atom is 0.316 e. The van der Waals surface area contributed by atoms with Gasteiger partial charge in [0.25, 0.3) is 5.91 Å². The van der Waals surface area contributed by atoms with Gasteiger partial charge >= 0.3 is 5.97 Å². The molecule has 0 radical (unpaired) electrons. The number of amides is 1. The Balaban J connectivity index is 1.46. The Hall–Kier alpha value is -1.72. The van der Waals surface area contributed by atoms with Crippen LogP contribution in [-0.4, -0.2) is 30.3 Å². The van der Waals surface area contributed by atoms with E-state index in [1.165, 1.54) is 11.8 Å². The number of ether oxygens (including phenoxy) is 1. The monoisotopic (exact) mass is 405 g/mol. The van der Waals surface area contributed by atoms with E-state index in [0.717, 1.165) is 47.3 Å². The first kappa shape index (κ1) is 20.0.